The zero-order valence-corrected chi connectivity index (χ0v) is 7.71. The summed E-state index contributed by atoms with van der Waals surface area (Å²) in [5.41, 5.74) is 0. The van der Waals surface area contributed by atoms with Gasteiger partial charge in [0.1, 0.15) is 0 Å². The van der Waals surface area contributed by atoms with Crippen LogP contribution in [0.15, 0.2) is 0 Å². The maximum Gasteiger partial charge on any atom is 0.0936 e. The Morgan fingerprint density at radius 1 is 1.27 bits per heavy atom. The third kappa shape index (κ3) is 4.35. The molecule has 0 bridgehead atoms. The van der Waals surface area contributed by atoms with Gasteiger partial charge in [-0.25, -0.2) is 0 Å². The van der Waals surface area contributed by atoms with Crippen LogP contribution in [-0.4, -0.2) is 63.3 Å². The van der Waals surface area contributed by atoms with Crippen molar-refractivity contribution in [2.24, 2.45) is 0 Å². The molecule has 0 radical (unpaired) electrons. The van der Waals surface area contributed by atoms with Crippen LogP contribution in [0.5, 0.6) is 0 Å². The van der Waals surface area contributed by atoms with Crippen LogP contribution in [0.2, 0.25) is 0 Å². The molecule has 1 atom stereocenters. The summed E-state index contributed by atoms with van der Waals surface area (Å²) in [4.78, 5) is 4.52. The monoisotopic (exact) mass is 158 g/mol. The molecular weight excluding hydrogens is 140 g/mol. The molecule has 3 nitrogen and oxygen atoms in total. The van der Waals surface area contributed by atoms with Gasteiger partial charge in [0.15, 0.2) is 0 Å². The van der Waals surface area contributed by atoms with Crippen LogP contribution in [0, 0.1) is 0 Å². The zero-order valence-electron chi connectivity index (χ0n) is 7.71. The van der Waals surface area contributed by atoms with Crippen molar-refractivity contribution in [3.8, 4) is 0 Å². The predicted molar refractivity (Wildman–Crippen MR) is 45.8 cm³/mol. The summed E-state index contributed by atoms with van der Waals surface area (Å²) >= 11 is 0. The van der Waals surface area contributed by atoms with Crippen LogP contribution < -0.4 is 0 Å². The normalized spacial score (nSPS) is 23.2. The minimum Gasteiger partial charge on any atom is -0.372 e. The Balaban J connectivity index is 1.95. The van der Waals surface area contributed by atoms with Crippen LogP contribution in [-0.2, 0) is 4.74 Å². The summed E-state index contributed by atoms with van der Waals surface area (Å²) in [6.07, 6.45) is 0.530. The SMILES string of the molecule is CN(C)CCN(C)CC1CO1. The van der Waals surface area contributed by atoms with Gasteiger partial charge in [0.05, 0.1) is 12.7 Å². The van der Waals surface area contributed by atoms with Gasteiger partial charge in [0.2, 0.25) is 0 Å². The van der Waals surface area contributed by atoms with E-state index in [2.05, 4.69) is 30.9 Å². The molecule has 0 amide bonds. The molecule has 0 spiro atoms. The molecule has 1 saturated heterocycles. The summed E-state index contributed by atoms with van der Waals surface area (Å²) < 4.78 is 5.13. The fourth-order valence-electron chi connectivity index (χ4n) is 0.983. The largest absolute Gasteiger partial charge is 0.372 e. The van der Waals surface area contributed by atoms with Crippen molar-refractivity contribution < 1.29 is 4.74 Å². The average molecular weight is 158 g/mol. The van der Waals surface area contributed by atoms with E-state index in [0.29, 0.717) is 6.10 Å². The molecule has 0 N–H and O–H groups in total. The Kier molecular flexibility index (Phi) is 3.30. The smallest absolute Gasteiger partial charge is 0.0936 e. The van der Waals surface area contributed by atoms with E-state index in [0.717, 1.165) is 26.2 Å². The van der Waals surface area contributed by atoms with E-state index in [-0.39, 0.29) is 0 Å². The van der Waals surface area contributed by atoms with Gasteiger partial charge >= 0.3 is 0 Å². The molecule has 0 saturated carbocycles. The fourth-order valence-corrected chi connectivity index (χ4v) is 0.983. The van der Waals surface area contributed by atoms with Crippen molar-refractivity contribution in [1.29, 1.82) is 0 Å². The van der Waals surface area contributed by atoms with Crippen LogP contribution >= 0.6 is 0 Å². The molecule has 11 heavy (non-hydrogen) atoms. The topological polar surface area (TPSA) is 19.0 Å². The van der Waals surface area contributed by atoms with Gasteiger partial charge in [0.25, 0.3) is 0 Å². The van der Waals surface area contributed by atoms with Gasteiger partial charge in [-0.15, -0.1) is 0 Å². The van der Waals surface area contributed by atoms with E-state index in [1.165, 1.54) is 0 Å². The van der Waals surface area contributed by atoms with Crippen LogP contribution in [0.25, 0.3) is 0 Å². The second-order valence-electron chi connectivity index (χ2n) is 3.52. The first-order chi connectivity index (χ1) is 5.18. The third-order valence-electron chi connectivity index (χ3n) is 1.85. The maximum atomic E-state index is 5.13. The first-order valence-corrected chi connectivity index (χ1v) is 4.13. The zero-order chi connectivity index (χ0) is 8.27. The number of hydrogen-bond donors (Lipinski definition) is 0. The second-order valence-corrected chi connectivity index (χ2v) is 3.52. The fraction of sp³-hybridized carbons (Fsp3) is 1.00. The van der Waals surface area contributed by atoms with E-state index >= 15 is 0 Å². The highest BCUT2D eigenvalue weighted by Crippen LogP contribution is 2.09. The summed E-state index contributed by atoms with van der Waals surface area (Å²) in [5.74, 6) is 0. The van der Waals surface area contributed by atoms with Gasteiger partial charge in [-0.3, -0.25) is 0 Å². The molecule has 66 valence electrons. The van der Waals surface area contributed by atoms with Gasteiger partial charge in [0, 0.05) is 19.6 Å². The molecule has 0 aromatic rings. The Bertz CT molecular complexity index is 113. The lowest BCUT2D eigenvalue weighted by Gasteiger charge is -2.17. The minimum absolute atomic E-state index is 0.530. The predicted octanol–water partition coefficient (Wildman–Crippen LogP) is -0.121. The maximum absolute atomic E-state index is 5.13. The number of epoxide rings is 1. The summed E-state index contributed by atoms with van der Waals surface area (Å²) in [7, 11) is 6.34. The van der Waals surface area contributed by atoms with Crippen LogP contribution in [0.1, 0.15) is 0 Å². The van der Waals surface area contributed by atoms with Crippen molar-refractivity contribution >= 4 is 0 Å². The molecule has 3 heteroatoms. The molecule has 1 unspecified atom stereocenters. The molecule has 1 fully saturated rings. The Morgan fingerprint density at radius 3 is 2.36 bits per heavy atom. The first kappa shape index (κ1) is 8.97. The minimum atomic E-state index is 0.530. The lowest BCUT2D eigenvalue weighted by Crippen LogP contribution is -2.31. The van der Waals surface area contributed by atoms with Crippen molar-refractivity contribution in [2.45, 2.75) is 6.10 Å². The van der Waals surface area contributed by atoms with E-state index in [9.17, 15) is 0 Å². The van der Waals surface area contributed by atoms with Crippen molar-refractivity contribution in [2.75, 3.05) is 47.4 Å². The van der Waals surface area contributed by atoms with E-state index < -0.39 is 0 Å². The highest BCUT2D eigenvalue weighted by atomic mass is 16.6. The third-order valence-corrected chi connectivity index (χ3v) is 1.85. The number of likely N-dealkylation sites (N-methyl/N-ethyl adjacent to an activating group) is 2. The van der Waals surface area contributed by atoms with Crippen molar-refractivity contribution in [1.82, 2.24) is 9.80 Å². The molecule has 1 rings (SSSR count). The highest BCUT2D eigenvalue weighted by Gasteiger charge is 2.23. The van der Waals surface area contributed by atoms with Gasteiger partial charge in [-0.1, -0.05) is 0 Å². The second kappa shape index (κ2) is 4.04. The first-order valence-electron chi connectivity index (χ1n) is 4.13. The molecule has 0 aromatic heterocycles. The Morgan fingerprint density at radius 2 is 1.91 bits per heavy atom. The van der Waals surface area contributed by atoms with E-state index in [1.807, 2.05) is 0 Å². The van der Waals surface area contributed by atoms with E-state index in [4.69, 9.17) is 4.74 Å². The Labute approximate surface area is 68.9 Å². The van der Waals surface area contributed by atoms with Crippen LogP contribution in [0.3, 0.4) is 0 Å². The molecule has 0 aliphatic carbocycles. The lowest BCUT2D eigenvalue weighted by atomic mass is 10.4. The van der Waals surface area contributed by atoms with Crippen molar-refractivity contribution in [3.05, 3.63) is 0 Å². The van der Waals surface area contributed by atoms with Gasteiger partial charge < -0.3 is 14.5 Å². The number of rotatable bonds is 5. The molecule has 1 aliphatic rings. The average Bonchev–Trinajstić information content (AvgIpc) is 2.67. The quantitative estimate of drug-likeness (QED) is 0.520. The lowest BCUT2D eigenvalue weighted by molar-refractivity contribution is 0.255. The number of ether oxygens (including phenoxy) is 1. The van der Waals surface area contributed by atoms with Crippen molar-refractivity contribution in [3.63, 3.8) is 0 Å². The Hall–Kier alpha value is -0.120. The molecular formula is C8H18N2O. The molecule has 1 heterocycles. The molecule has 1 aliphatic heterocycles. The highest BCUT2D eigenvalue weighted by molar-refractivity contribution is 4.72. The number of nitrogens with zero attached hydrogens (tertiary/aromatic N) is 2. The summed E-state index contributed by atoms with van der Waals surface area (Å²) in [5, 5.41) is 0. The summed E-state index contributed by atoms with van der Waals surface area (Å²) in [6.45, 7) is 4.32. The van der Waals surface area contributed by atoms with Gasteiger partial charge in [-0.2, -0.15) is 0 Å². The number of hydrogen-bond acceptors (Lipinski definition) is 3. The van der Waals surface area contributed by atoms with Gasteiger partial charge in [-0.05, 0) is 21.1 Å². The summed E-state index contributed by atoms with van der Waals surface area (Å²) in [6, 6.07) is 0. The van der Waals surface area contributed by atoms with E-state index in [1.54, 1.807) is 0 Å². The molecule has 0 aromatic carbocycles. The standard InChI is InChI=1S/C8H18N2O/c1-9(2)4-5-10(3)6-8-7-11-8/h8H,4-7H2,1-3H3. The van der Waals surface area contributed by atoms with Crippen LogP contribution in [0.4, 0.5) is 0 Å².